The number of anilines is 1. The van der Waals surface area contributed by atoms with Crippen LogP contribution in [0.15, 0.2) is 48.5 Å². The first-order valence-electron chi connectivity index (χ1n) is 7.71. The third-order valence-electron chi connectivity index (χ3n) is 3.27. The summed E-state index contributed by atoms with van der Waals surface area (Å²) < 4.78 is 5.66. The number of carbonyl (C=O) groups excluding carboxylic acids is 1. The molecule has 0 bridgehead atoms. The van der Waals surface area contributed by atoms with Gasteiger partial charge in [0.1, 0.15) is 5.75 Å². The van der Waals surface area contributed by atoms with E-state index in [9.17, 15) is 4.79 Å². The Kier molecular flexibility index (Phi) is 5.59. The zero-order chi connectivity index (χ0) is 15.9. The minimum Gasteiger partial charge on any atom is -0.493 e. The molecule has 0 aliphatic heterocycles. The zero-order valence-corrected chi connectivity index (χ0v) is 13.4. The average Bonchev–Trinajstić information content (AvgIpc) is 2.53. The summed E-state index contributed by atoms with van der Waals surface area (Å²) in [6.45, 7) is 6.93. The van der Waals surface area contributed by atoms with Gasteiger partial charge in [0.2, 0.25) is 0 Å². The first-order chi connectivity index (χ1) is 10.6. The summed E-state index contributed by atoms with van der Waals surface area (Å²) in [4.78, 5) is 12.3. The Morgan fingerprint density at radius 1 is 1.14 bits per heavy atom. The maximum atomic E-state index is 12.3. The van der Waals surface area contributed by atoms with E-state index in [-0.39, 0.29) is 5.91 Å². The number of amides is 1. The van der Waals surface area contributed by atoms with Gasteiger partial charge in [0.15, 0.2) is 0 Å². The molecule has 0 fully saturated rings. The van der Waals surface area contributed by atoms with Crippen molar-refractivity contribution < 1.29 is 9.53 Å². The molecule has 0 aliphatic rings. The molecular weight excluding hydrogens is 274 g/mol. The van der Waals surface area contributed by atoms with Crippen LogP contribution in [0.2, 0.25) is 0 Å². The van der Waals surface area contributed by atoms with Crippen molar-refractivity contribution in [3.63, 3.8) is 0 Å². The molecule has 22 heavy (non-hydrogen) atoms. The average molecular weight is 297 g/mol. The van der Waals surface area contributed by atoms with E-state index < -0.39 is 0 Å². The van der Waals surface area contributed by atoms with Crippen LogP contribution in [0.5, 0.6) is 5.75 Å². The van der Waals surface area contributed by atoms with Crippen LogP contribution >= 0.6 is 0 Å². The lowest BCUT2D eigenvalue weighted by molar-refractivity contribution is 0.102. The van der Waals surface area contributed by atoms with Crippen LogP contribution in [0.25, 0.3) is 0 Å². The molecule has 0 saturated carbocycles. The smallest absolute Gasteiger partial charge is 0.255 e. The molecule has 1 N–H and O–H groups in total. The van der Waals surface area contributed by atoms with Gasteiger partial charge in [-0.05, 0) is 48.2 Å². The van der Waals surface area contributed by atoms with Crippen molar-refractivity contribution in [2.24, 2.45) is 5.92 Å². The Hall–Kier alpha value is -2.29. The molecule has 3 nitrogen and oxygen atoms in total. The summed E-state index contributed by atoms with van der Waals surface area (Å²) in [6.07, 6.45) is 0.947. The molecular formula is C19H23NO2. The van der Waals surface area contributed by atoms with Crippen LogP contribution in [0, 0.1) is 5.92 Å². The molecule has 2 aromatic rings. The quantitative estimate of drug-likeness (QED) is 0.850. The SMILES string of the molecule is CCc1cccc(NC(=O)c2cccc(OCC(C)C)c2)c1. The van der Waals surface area contributed by atoms with Crippen molar-refractivity contribution >= 4 is 11.6 Å². The number of ether oxygens (including phenoxy) is 1. The van der Waals surface area contributed by atoms with Gasteiger partial charge in [0.25, 0.3) is 5.91 Å². The van der Waals surface area contributed by atoms with Crippen LogP contribution in [0.3, 0.4) is 0 Å². The monoisotopic (exact) mass is 297 g/mol. The van der Waals surface area contributed by atoms with Crippen molar-refractivity contribution in [2.75, 3.05) is 11.9 Å². The normalized spacial score (nSPS) is 10.5. The lowest BCUT2D eigenvalue weighted by atomic mass is 10.1. The molecule has 0 spiro atoms. The van der Waals surface area contributed by atoms with Gasteiger partial charge >= 0.3 is 0 Å². The lowest BCUT2D eigenvalue weighted by Gasteiger charge is -2.10. The lowest BCUT2D eigenvalue weighted by Crippen LogP contribution is -2.12. The topological polar surface area (TPSA) is 38.3 Å². The van der Waals surface area contributed by atoms with E-state index in [1.54, 1.807) is 12.1 Å². The van der Waals surface area contributed by atoms with Crippen LogP contribution in [-0.4, -0.2) is 12.5 Å². The van der Waals surface area contributed by atoms with Crippen LogP contribution in [0.1, 0.15) is 36.7 Å². The molecule has 0 heterocycles. The Morgan fingerprint density at radius 2 is 1.91 bits per heavy atom. The number of aryl methyl sites for hydroxylation is 1. The second kappa shape index (κ2) is 7.64. The number of nitrogens with one attached hydrogen (secondary N) is 1. The van der Waals surface area contributed by atoms with Gasteiger partial charge in [-0.25, -0.2) is 0 Å². The first-order valence-corrected chi connectivity index (χ1v) is 7.71. The summed E-state index contributed by atoms with van der Waals surface area (Å²) in [5.74, 6) is 1.06. The minimum atomic E-state index is -0.122. The first kappa shape index (κ1) is 16.1. The minimum absolute atomic E-state index is 0.122. The standard InChI is InChI=1S/C19H23NO2/c1-4-15-7-5-9-17(11-15)20-19(21)16-8-6-10-18(12-16)22-13-14(2)3/h5-12,14H,4,13H2,1-3H3,(H,20,21). The Labute approximate surface area is 132 Å². The number of hydrogen-bond donors (Lipinski definition) is 1. The summed E-state index contributed by atoms with van der Waals surface area (Å²) >= 11 is 0. The fourth-order valence-corrected chi connectivity index (χ4v) is 2.06. The second-order valence-corrected chi connectivity index (χ2v) is 5.74. The van der Waals surface area contributed by atoms with Crippen LogP contribution < -0.4 is 10.1 Å². The highest BCUT2D eigenvalue weighted by molar-refractivity contribution is 6.04. The number of hydrogen-bond acceptors (Lipinski definition) is 2. The van der Waals surface area contributed by atoms with Crippen molar-refractivity contribution in [1.82, 2.24) is 0 Å². The van der Waals surface area contributed by atoms with Crippen LogP contribution in [0.4, 0.5) is 5.69 Å². The van der Waals surface area contributed by atoms with E-state index in [1.165, 1.54) is 5.56 Å². The highest BCUT2D eigenvalue weighted by atomic mass is 16.5. The van der Waals surface area contributed by atoms with Gasteiger partial charge in [0.05, 0.1) is 6.61 Å². The molecule has 0 saturated heterocycles. The van der Waals surface area contributed by atoms with Crippen molar-refractivity contribution in [3.8, 4) is 5.75 Å². The summed E-state index contributed by atoms with van der Waals surface area (Å²) in [7, 11) is 0. The van der Waals surface area contributed by atoms with Crippen molar-refractivity contribution in [1.29, 1.82) is 0 Å². The molecule has 0 atom stereocenters. The number of carbonyl (C=O) groups is 1. The highest BCUT2D eigenvalue weighted by Gasteiger charge is 2.08. The van der Waals surface area contributed by atoms with E-state index in [4.69, 9.17) is 4.74 Å². The molecule has 2 aromatic carbocycles. The predicted octanol–water partition coefficient (Wildman–Crippen LogP) is 4.54. The largest absolute Gasteiger partial charge is 0.493 e. The van der Waals surface area contributed by atoms with E-state index in [0.717, 1.165) is 17.9 Å². The number of benzene rings is 2. The summed E-state index contributed by atoms with van der Waals surface area (Å²) in [6, 6.07) is 15.2. The van der Waals surface area contributed by atoms with Gasteiger partial charge in [-0.15, -0.1) is 0 Å². The van der Waals surface area contributed by atoms with E-state index in [0.29, 0.717) is 18.1 Å². The molecule has 116 valence electrons. The zero-order valence-electron chi connectivity index (χ0n) is 13.4. The van der Waals surface area contributed by atoms with Gasteiger partial charge in [-0.2, -0.15) is 0 Å². The van der Waals surface area contributed by atoms with Gasteiger partial charge < -0.3 is 10.1 Å². The van der Waals surface area contributed by atoms with Crippen molar-refractivity contribution in [3.05, 3.63) is 59.7 Å². The van der Waals surface area contributed by atoms with Gasteiger partial charge in [-0.1, -0.05) is 39.0 Å². The van der Waals surface area contributed by atoms with Gasteiger partial charge in [0, 0.05) is 11.3 Å². The van der Waals surface area contributed by atoms with Crippen LogP contribution in [-0.2, 0) is 6.42 Å². The highest BCUT2D eigenvalue weighted by Crippen LogP contribution is 2.17. The Bertz CT molecular complexity index is 635. The van der Waals surface area contributed by atoms with E-state index in [1.807, 2.05) is 30.3 Å². The number of rotatable bonds is 6. The predicted molar refractivity (Wildman–Crippen MR) is 90.5 cm³/mol. The summed E-state index contributed by atoms with van der Waals surface area (Å²) in [5.41, 5.74) is 2.62. The fraction of sp³-hybridized carbons (Fsp3) is 0.316. The van der Waals surface area contributed by atoms with E-state index >= 15 is 0 Å². The second-order valence-electron chi connectivity index (χ2n) is 5.74. The van der Waals surface area contributed by atoms with Gasteiger partial charge in [-0.3, -0.25) is 4.79 Å². The third kappa shape index (κ3) is 4.62. The molecule has 0 radical (unpaired) electrons. The Morgan fingerprint density at radius 3 is 2.64 bits per heavy atom. The van der Waals surface area contributed by atoms with Crippen molar-refractivity contribution in [2.45, 2.75) is 27.2 Å². The van der Waals surface area contributed by atoms with E-state index in [2.05, 4.69) is 32.2 Å². The fourth-order valence-electron chi connectivity index (χ4n) is 2.06. The molecule has 0 aliphatic carbocycles. The maximum Gasteiger partial charge on any atom is 0.255 e. The molecule has 3 heteroatoms. The molecule has 1 amide bonds. The molecule has 0 aromatic heterocycles. The third-order valence-corrected chi connectivity index (χ3v) is 3.27. The summed E-state index contributed by atoms with van der Waals surface area (Å²) in [5, 5.41) is 2.93. The molecule has 0 unspecified atom stereocenters. The molecule has 2 rings (SSSR count). The maximum absolute atomic E-state index is 12.3. The Balaban J connectivity index is 2.07.